The fourth-order valence-electron chi connectivity index (χ4n) is 0.391. The molecule has 0 saturated carbocycles. The fourth-order valence-corrected chi connectivity index (χ4v) is 0.492. The van der Waals surface area contributed by atoms with Crippen molar-refractivity contribution in [2.24, 2.45) is 0 Å². The Balaban J connectivity index is 3.34. The average Bonchev–Trinajstić information content (AvgIpc) is 1.80. The summed E-state index contributed by atoms with van der Waals surface area (Å²) in [6, 6.07) is 2.39. The highest BCUT2D eigenvalue weighted by atomic mass is 35.5. The summed E-state index contributed by atoms with van der Waals surface area (Å²) < 4.78 is 4.18. The van der Waals surface area contributed by atoms with Crippen LogP contribution in [0.5, 0.6) is 5.95 Å². The molecule has 48 valence electrons. The van der Waals surface area contributed by atoms with Crippen molar-refractivity contribution in [3.63, 3.8) is 0 Å². The molecule has 3 nitrogen and oxygen atoms in total. The molecule has 0 bridgehead atoms. The molecule has 0 amide bonds. The lowest BCUT2D eigenvalue weighted by Gasteiger charge is -1.88. The third kappa shape index (κ3) is 1.23. The van der Waals surface area contributed by atoms with Gasteiger partial charge in [-0.05, 0) is 6.07 Å². The predicted octanol–water partition coefficient (Wildman–Crippen LogP) is 0.999. The van der Waals surface area contributed by atoms with Gasteiger partial charge in [-0.25, -0.2) is 4.79 Å². The van der Waals surface area contributed by atoms with Crippen molar-refractivity contribution in [2.45, 2.75) is 0 Å². The van der Waals surface area contributed by atoms with Crippen LogP contribution in [-0.4, -0.2) is 5.11 Å². The molecular formula is C5H3ClO3. The summed E-state index contributed by atoms with van der Waals surface area (Å²) in [5.74, 6) is -0.538. The minimum Gasteiger partial charge on any atom is -0.480 e. The zero-order valence-electron chi connectivity index (χ0n) is 4.30. The average molecular weight is 147 g/mol. The van der Waals surface area contributed by atoms with E-state index >= 15 is 0 Å². The van der Waals surface area contributed by atoms with Crippen LogP contribution in [0.25, 0.3) is 0 Å². The zero-order chi connectivity index (χ0) is 6.85. The second kappa shape index (κ2) is 2.11. The molecule has 0 radical (unpaired) electrons. The van der Waals surface area contributed by atoms with E-state index in [1.165, 1.54) is 6.07 Å². The fraction of sp³-hybridized carbons (Fsp3) is 0. The highest BCUT2D eigenvalue weighted by Gasteiger charge is 1.97. The molecule has 1 aromatic heterocycles. The first kappa shape index (κ1) is 6.16. The maximum atomic E-state index is 10.3. The Hall–Kier alpha value is -0.960. The molecule has 0 aromatic carbocycles. The topological polar surface area (TPSA) is 50.4 Å². The molecule has 9 heavy (non-hydrogen) atoms. The standard InChI is InChI=1S/C5H3ClO3/c6-3-1-2-4(7)9-5(3)8/h1-2,8H. The molecule has 1 aromatic rings. The van der Waals surface area contributed by atoms with Crippen molar-refractivity contribution < 1.29 is 9.52 Å². The number of aromatic hydroxyl groups is 1. The number of rotatable bonds is 0. The van der Waals surface area contributed by atoms with Crippen LogP contribution in [0.1, 0.15) is 0 Å². The van der Waals surface area contributed by atoms with Gasteiger partial charge in [0.1, 0.15) is 5.02 Å². The van der Waals surface area contributed by atoms with Gasteiger partial charge in [-0.2, -0.15) is 0 Å². The maximum absolute atomic E-state index is 10.3. The van der Waals surface area contributed by atoms with Gasteiger partial charge in [0.05, 0.1) is 0 Å². The van der Waals surface area contributed by atoms with Crippen LogP contribution in [0.3, 0.4) is 0 Å². The van der Waals surface area contributed by atoms with Gasteiger partial charge in [-0.3, -0.25) is 0 Å². The van der Waals surface area contributed by atoms with Gasteiger partial charge in [0, 0.05) is 6.07 Å². The molecule has 0 saturated heterocycles. The monoisotopic (exact) mass is 146 g/mol. The molecule has 0 aliphatic rings. The first-order valence-corrected chi connectivity index (χ1v) is 2.56. The first-order valence-electron chi connectivity index (χ1n) is 2.19. The van der Waals surface area contributed by atoms with Crippen molar-refractivity contribution in [3.8, 4) is 5.95 Å². The maximum Gasteiger partial charge on any atom is 0.338 e. The number of hydrogen-bond donors (Lipinski definition) is 1. The lowest BCUT2D eigenvalue weighted by atomic mass is 10.5. The van der Waals surface area contributed by atoms with Gasteiger partial charge in [-0.15, -0.1) is 0 Å². The summed E-state index contributed by atoms with van der Waals surface area (Å²) in [4.78, 5) is 10.3. The third-order valence-electron chi connectivity index (χ3n) is 0.767. The Labute approximate surface area is 55.5 Å². The van der Waals surface area contributed by atoms with Crippen molar-refractivity contribution in [3.05, 3.63) is 27.6 Å². The van der Waals surface area contributed by atoms with E-state index in [9.17, 15) is 4.79 Å². The highest BCUT2D eigenvalue weighted by Crippen LogP contribution is 2.18. The molecular weight excluding hydrogens is 144 g/mol. The van der Waals surface area contributed by atoms with Crippen LogP contribution in [0.4, 0.5) is 0 Å². The van der Waals surface area contributed by atoms with E-state index in [1.54, 1.807) is 0 Å². The van der Waals surface area contributed by atoms with Crippen molar-refractivity contribution in [1.82, 2.24) is 0 Å². The number of hydrogen-bond acceptors (Lipinski definition) is 3. The molecule has 1 N–H and O–H groups in total. The Bertz CT molecular complexity index is 265. The third-order valence-corrected chi connectivity index (χ3v) is 1.05. The largest absolute Gasteiger partial charge is 0.480 e. The Morgan fingerprint density at radius 3 is 2.67 bits per heavy atom. The minimum atomic E-state index is -0.614. The van der Waals surface area contributed by atoms with Crippen LogP contribution >= 0.6 is 11.6 Å². The van der Waals surface area contributed by atoms with Crippen LogP contribution in [0.2, 0.25) is 5.02 Å². The summed E-state index contributed by atoms with van der Waals surface area (Å²) in [6.07, 6.45) is 0. The van der Waals surface area contributed by atoms with E-state index in [0.29, 0.717) is 0 Å². The smallest absolute Gasteiger partial charge is 0.338 e. The molecule has 0 atom stereocenters. The van der Waals surface area contributed by atoms with E-state index in [1.807, 2.05) is 0 Å². The predicted molar refractivity (Wildman–Crippen MR) is 31.7 cm³/mol. The molecule has 0 unspecified atom stereocenters. The second-order valence-corrected chi connectivity index (χ2v) is 1.81. The summed E-state index contributed by atoms with van der Waals surface area (Å²) in [5, 5.41) is 8.64. The van der Waals surface area contributed by atoms with Gasteiger partial charge < -0.3 is 9.52 Å². The van der Waals surface area contributed by atoms with Gasteiger partial charge in [0.15, 0.2) is 0 Å². The molecule has 4 heteroatoms. The minimum absolute atomic E-state index is 0.0367. The molecule has 1 rings (SSSR count). The van der Waals surface area contributed by atoms with E-state index in [0.717, 1.165) is 6.07 Å². The molecule has 0 fully saturated rings. The van der Waals surface area contributed by atoms with Gasteiger partial charge in [0.25, 0.3) is 0 Å². The molecule has 1 heterocycles. The highest BCUT2D eigenvalue weighted by molar-refractivity contribution is 6.31. The van der Waals surface area contributed by atoms with Crippen LogP contribution in [-0.2, 0) is 0 Å². The molecule has 0 aliphatic heterocycles. The summed E-state index contributed by atoms with van der Waals surface area (Å²) in [7, 11) is 0. The Kier molecular flexibility index (Phi) is 1.44. The lowest BCUT2D eigenvalue weighted by molar-refractivity contribution is 0.310. The summed E-state index contributed by atoms with van der Waals surface area (Å²) in [5.41, 5.74) is -0.614. The first-order chi connectivity index (χ1) is 4.20. The molecule has 0 aliphatic carbocycles. The normalized spacial score (nSPS) is 9.44. The van der Waals surface area contributed by atoms with Gasteiger partial charge in [-0.1, -0.05) is 11.6 Å². The van der Waals surface area contributed by atoms with Crippen LogP contribution in [0, 0.1) is 0 Å². The van der Waals surface area contributed by atoms with Gasteiger partial charge >= 0.3 is 11.6 Å². The van der Waals surface area contributed by atoms with Crippen LogP contribution < -0.4 is 5.63 Å². The quantitative estimate of drug-likeness (QED) is 0.594. The SMILES string of the molecule is O=c1ccc(Cl)c(O)o1. The van der Waals surface area contributed by atoms with Crippen molar-refractivity contribution in [1.29, 1.82) is 0 Å². The summed E-state index contributed by atoms with van der Waals surface area (Å²) >= 11 is 5.30. The van der Waals surface area contributed by atoms with Gasteiger partial charge in [0.2, 0.25) is 0 Å². The summed E-state index contributed by atoms with van der Waals surface area (Å²) in [6.45, 7) is 0. The van der Waals surface area contributed by atoms with Crippen molar-refractivity contribution >= 4 is 11.6 Å². The van der Waals surface area contributed by atoms with E-state index in [2.05, 4.69) is 4.42 Å². The second-order valence-electron chi connectivity index (χ2n) is 1.41. The van der Waals surface area contributed by atoms with E-state index < -0.39 is 11.6 Å². The Morgan fingerprint density at radius 1 is 1.56 bits per heavy atom. The molecule has 0 spiro atoms. The number of halogens is 1. The van der Waals surface area contributed by atoms with E-state index in [-0.39, 0.29) is 5.02 Å². The van der Waals surface area contributed by atoms with E-state index in [4.69, 9.17) is 16.7 Å². The van der Waals surface area contributed by atoms with Crippen LogP contribution in [0.15, 0.2) is 21.3 Å². The Morgan fingerprint density at radius 2 is 2.22 bits per heavy atom. The lowest BCUT2D eigenvalue weighted by Crippen LogP contribution is -1.92. The zero-order valence-corrected chi connectivity index (χ0v) is 5.05. The van der Waals surface area contributed by atoms with Crippen molar-refractivity contribution in [2.75, 3.05) is 0 Å².